The lowest BCUT2D eigenvalue weighted by Crippen LogP contribution is -3.00. The molecular weight excluding hydrogens is 320 g/mol. The van der Waals surface area contributed by atoms with Crippen LogP contribution in [0.1, 0.15) is 62.5 Å². The lowest BCUT2D eigenvalue weighted by atomic mass is 9.57. The maximum atomic E-state index is 11.0. The zero-order valence-electron chi connectivity index (χ0n) is 14.6. The van der Waals surface area contributed by atoms with E-state index in [9.17, 15) is 5.11 Å². The Morgan fingerprint density at radius 1 is 1.21 bits per heavy atom. The van der Waals surface area contributed by atoms with Gasteiger partial charge < -0.3 is 22.3 Å². The lowest BCUT2D eigenvalue weighted by molar-refractivity contribution is -0.0000145. The number of aliphatic hydroxyl groups is 1. The molecule has 1 aromatic rings. The van der Waals surface area contributed by atoms with Gasteiger partial charge in [-0.2, -0.15) is 0 Å². The molecule has 0 aliphatic heterocycles. The summed E-state index contributed by atoms with van der Waals surface area (Å²) in [5.74, 6) is 4.63. The van der Waals surface area contributed by atoms with Crippen molar-refractivity contribution in [1.82, 2.24) is 0 Å². The van der Waals surface area contributed by atoms with Crippen molar-refractivity contribution in [2.24, 2.45) is 17.3 Å². The topological polar surface area (TPSA) is 29.5 Å². The van der Waals surface area contributed by atoms with Crippen LogP contribution in [0.2, 0.25) is 0 Å². The number of hydrogen-bond donors (Lipinski definition) is 1. The second-order valence-electron chi connectivity index (χ2n) is 8.49. The van der Waals surface area contributed by atoms with E-state index in [2.05, 4.69) is 25.1 Å². The Kier molecular flexibility index (Phi) is 3.68. The van der Waals surface area contributed by atoms with Crippen LogP contribution >= 0.6 is 0 Å². The summed E-state index contributed by atoms with van der Waals surface area (Å²) in [6, 6.07) is 6.71. The predicted octanol–water partition coefficient (Wildman–Crippen LogP) is 1.26. The van der Waals surface area contributed by atoms with E-state index in [1.54, 1.807) is 12.7 Å². The van der Waals surface area contributed by atoms with Gasteiger partial charge in [-0.3, -0.25) is 0 Å². The van der Waals surface area contributed by atoms with Gasteiger partial charge in [0.2, 0.25) is 5.60 Å². The molecule has 3 fully saturated rings. The van der Waals surface area contributed by atoms with Crippen LogP contribution in [0.5, 0.6) is 5.75 Å². The van der Waals surface area contributed by atoms with E-state index >= 15 is 0 Å². The normalized spacial score (nSPS) is 42.0. The van der Waals surface area contributed by atoms with Crippen molar-refractivity contribution >= 4 is 0 Å². The van der Waals surface area contributed by atoms with E-state index in [4.69, 9.17) is 4.74 Å². The summed E-state index contributed by atoms with van der Waals surface area (Å²) in [7, 11) is 1.76. The molecule has 3 saturated carbocycles. The maximum absolute atomic E-state index is 11.0. The van der Waals surface area contributed by atoms with Gasteiger partial charge >= 0.3 is 0 Å². The van der Waals surface area contributed by atoms with E-state index in [-0.39, 0.29) is 12.4 Å². The molecule has 1 spiro atoms. The lowest BCUT2D eigenvalue weighted by Gasteiger charge is -2.41. The molecule has 0 amide bonds. The Hall–Kier alpha value is -0.860. The number of fused-ring (bicyclic) bond motifs is 7. The summed E-state index contributed by atoms with van der Waals surface area (Å²) in [6.45, 7) is 2.28. The van der Waals surface area contributed by atoms with Crippen molar-refractivity contribution in [2.75, 3.05) is 7.11 Å². The first-order valence-electron chi connectivity index (χ1n) is 9.32. The van der Waals surface area contributed by atoms with Crippen molar-refractivity contribution in [1.29, 1.82) is 0 Å². The van der Waals surface area contributed by atoms with Crippen molar-refractivity contribution < 1.29 is 22.3 Å². The molecule has 1 aromatic carbocycles. The highest BCUT2D eigenvalue weighted by molar-refractivity contribution is 5.43. The third-order valence-corrected chi connectivity index (χ3v) is 8.11. The minimum Gasteiger partial charge on any atom is -1.00 e. The van der Waals surface area contributed by atoms with Crippen molar-refractivity contribution in [3.63, 3.8) is 0 Å². The SMILES string of the molecule is COc1ccc2c(c1)CC[C@@H]1[C@@H]2CC[C@@]12[C+](C)[C@@]1(O)CC[C@@H]2C1.[Cl-]. The smallest absolute Gasteiger partial charge is 0.207 e. The van der Waals surface area contributed by atoms with Crippen LogP contribution in [0.3, 0.4) is 0 Å². The van der Waals surface area contributed by atoms with Crippen molar-refractivity contribution in [3.05, 3.63) is 35.2 Å². The first-order valence-corrected chi connectivity index (χ1v) is 9.32. The maximum Gasteiger partial charge on any atom is 0.207 e. The van der Waals surface area contributed by atoms with Gasteiger partial charge in [0.05, 0.1) is 14.0 Å². The fourth-order valence-electron chi connectivity index (χ4n) is 7.09. The number of hydrogen-bond acceptors (Lipinski definition) is 2. The number of benzene rings is 1. The molecule has 3 heteroatoms. The number of methoxy groups -OCH3 is 1. The van der Waals surface area contributed by atoms with Crippen LogP contribution in [-0.4, -0.2) is 17.8 Å². The molecule has 24 heavy (non-hydrogen) atoms. The highest BCUT2D eigenvalue weighted by Crippen LogP contribution is 2.73. The molecule has 4 aliphatic carbocycles. The van der Waals surface area contributed by atoms with Gasteiger partial charge in [-0.1, -0.05) is 6.07 Å². The number of halogens is 1. The van der Waals surface area contributed by atoms with Crippen LogP contribution in [0.25, 0.3) is 0 Å². The predicted molar refractivity (Wildman–Crippen MR) is 90.4 cm³/mol. The van der Waals surface area contributed by atoms with E-state index in [0.717, 1.165) is 30.4 Å². The molecule has 4 aliphatic rings. The highest BCUT2D eigenvalue weighted by atomic mass is 35.5. The molecule has 5 atom stereocenters. The van der Waals surface area contributed by atoms with Crippen LogP contribution in [0.4, 0.5) is 0 Å². The average Bonchev–Trinajstić information content (AvgIpc) is 3.20. The summed E-state index contributed by atoms with van der Waals surface area (Å²) < 4.78 is 5.42. The molecular formula is C21H27ClO2. The molecule has 0 aromatic heterocycles. The van der Waals surface area contributed by atoms with Gasteiger partial charge in [0.25, 0.3) is 0 Å². The minimum atomic E-state index is -0.431. The molecule has 2 bridgehead atoms. The summed E-state index contributed by atoms with van der Waals surface area (Å²) >= 11 is 0. The van der Waals surface area contributed by atoms with E-state index < -0.39 is 5.60 Å². The first kappa shape index (κ1) is 16.6. The standard InChI is InChI=1S/C21H27O2.ClH/c1-13-20(22)9-7-15(12-20)21(13)10-8-18-17-5-4-16(23-2)11-14(17)3-6-19(18)21;/h4-5,11,15,18-19,22H,3,6-10,12H2,1-2H3;1H/q+1;/p-1/t15-,18-,19-,20-,21+;/m1./s1. The number of aryl methyl sites for hydroxylation is 1. The second kappa shape index (κ2) is 5.32. The molecule has 5 rings (SSSR count). The Labute approximate surface area is 151 Å². The largest absolute Gasteiger partial charge is 1.00 e. The first-order chi connectivity index (χ1) is 11.1. The van der Waals surface area contributed by atoms with E-state index in [1.807, 2.05) is 0 Å². The highest BCUT2D eigenvalue weighted by Gasteiger charge is 2.76. The monoisotopic (exact) mass is 346 g/mol. The van der Waals surface area contributed by atoms with Gasteiger partial charge in [0.1, 0.15) is 17.1 Å². The van der Waals surface area contributed by atoms with Gasteiger partial charge in [0, 0.05) is 24.7 Å². The number of ether oxygens (including phenoxy) is 1. The molecule has 130 valence electrons. The van der Waals surface area contributed by atoms with Gasteiger partial charge in [-0.15, -0.1) is 0 Å². The minimum absolute atomic E-state index is 0. The summed E-state index contributed by atoms with van der Waals surface area (Å²) in [4.78, 5) is 0. The van der Waals surface area contributed by atoms with Crippen LogP contribution in [0.15, 0.2) is 18.2 Å². The Morgan fingerprint density at radius 2 is 2.04 bits per heavy atom. The second-order valence-corrected chi connectivity index (χ2v) is 8.49. The Bertz CT molecular complexity index is 659. The van der Waals surface area contributed by atoms with Gasteiger partial charge in [-0.05, 0) is 61.3 Å². The van der Waals surface area contributed by atoms with E-state index in [0.29, 0.717) is 11.3 Å². The van der Waals surface area contributed by atoms with Crippen LogP contribution in [-0.2, 0) is 6.42 Å². The third-order valence-electron chi connectivity index (χ3n) is 8.11. The van der Waals surface area contributed by atoms with E-state index in [1.165, 1.54) is 43.6 Å². The van der Waals surface area contributed by atoms with Crippen molar-refractivity contribution in [2.45, 2.75) is 63.4 Å². The van der Waals surface area contributed by atoms with Crippen molar-refractivity contribution in [3.8, 4) is 5.75 Å². The van der Waals surface area contributed by atoms with Gasteiger partial charge in [-0.25, -0.2) is 0 Å². The molecule has 0 saturated heterocycles. The zero-order chi connectivity index (χ0) is 15.8. The van der Waals surface area contributed by atoms with Crippen LogP contribution < -0.4 is 17.1 Å². The Morgan fingerprint density at radius 3 is 2.75 bits per heavy atom. The molecule has 0 unspecified atom stereocenters. The summed E-state index contributed by atoms with van der Waals surface area (Å²) in [6.07, 6.45) is 8.35. The fourth-order valence-corrected chi connectivity index (χ4v) is 7.09. The summed E-state index contributed by atoms with van der Waals surface area (Å²) in [5, 5.41) is 11.0. The Balaban J connectivity index is 0.00000146. The van der Waals surface area contributed by atoms with Crippen LogP contribution in [0, 0.1) is 23.2 Å². The molecule has 0 radical (unpaired) electrons. The average molecular weight is 347 g/mol. The fraction of sp³-hybridized carbons (Fsp3) is 0.667. The zero-order valence-corrected chi connectivity index (χ0v) is 15.4. The van der Waals surface area contributed by atoms with Gasteiger partial charge in [0.15, 0.2) is 0 Å². The summed E-state index contributed by atoms with van der Waals surface area (Å²) in [5.41, 5.74) is 2.98. The quantitative estimate of drug-likeness (QED) is 0.776. The number of rotatable bonds is 1. The molecule has 0 heterocycles. The molecule has 2 nitrogen and oxygen atoms in total. The molecule has 1 N–H and O–H groups in total. The third kappa shape index (κ3) is 1.85.